The number of hydrogen-bond donors (Lipinski definition) is 0. The molecule has 2 aliphatic heterocycles. The van der Waals surface area contributed by atoms with Gasteiger partial charge in [0.1, 0.15) is 0 Å². The lowest BCUT2D eigenvalue weighted by atomic mass is 9.93. The maximum atomic E-state index is 5.01. The first-order chi connectivity index (χ1) is 11.4. The van der Waals surface area contributed by atoms with Gasteiger partial charge in [0.15, 0.2) is 0 Å². The molecule has 0 aromatic heterocycles. The van der Waals surface area contributed by atoms with Crippen LogP contribution in [0.4, 0.5) is 5.69 Å². The molecular formula is C20H16N2S. The largest absolute Gasteiger partial charge is 0.265 e. The second-order valence-corrected chi connectivity index (χ2v) is 7.13. The smallest absolute Gasteiger partial charge is 0.0757 e. The highest BCUT2D eigenvalue weighted by atomic mass is 32.2. The molecule has 0 N–H and O–H groups in total. The lowest BCUT2D eigenvalue weighted by Crippen LogP contribution is -2.24. The molecule has 0 aliphatic carbocycles. The van der Waals surface area contributed by atoms with Crippen LogP contribution in [0.1, 0.15) is 5.56 Å². The molecule has 2 heterocycles. The highest BCUT2D eigenvalue weighted by Crippen LogP contribution is 2.40. The van der Waals surface area contributed by atoms with Crippen molar-refractivity contribution in [2.45, 2.75) is 4.90 Å². The molecule has 0 unspecified atom stereocenters. The molecule has 0 radical (unpaired) electrons. The van der Waals surface area contributed by atoms with E-state index in [-0.39, 0.29) is 0 Å². The molecule has 0 saturated carbocycles. The van der Waals surface area contributed by atoms with Gasteiger partial charge in [0, 0.05) is 22.1 Å². The quantitative estimate of drug-likeness (QED) is 0.641. The Bertz CT molecular complexity index is 917. The van der Waals surface area contributed by atoms with E-state index < -0.39 is 0 Å². The third-order valence-corrected chi connectivity index (χ3v) is 5.87. The number of nitrogens with zero attached hydrogens (tertiary/aromatic N) is 2. The highest BCUT2D eigenvalue weighted by molar-refractivity contribution is 7.99. The summed E-state index contributed by atoms with van der Waals surface area (Å²) in [5.41, 5.74) is 3.79. The number of benzene rings is 3. The molecule has 0 bridgehead atoms. The Hall–Kier alpha value is -2.26. The zero-order valence-electron chi connectivity index (χ0n) is 12.6. The van der Waals surface area contributed by atoms with Crippen molar-refractivity contribution >= 4 is 33.9 Å². The van der Waals surface area contributed by atoms with Crippen molar-refractivity contribution in [1.29, 1.82) is 0 Å². The van der Waals surface area contributed by atoms with Gasteiger partial charge in [-0.1, -0.05) is 48.5 Å². The van der Waals surface area contributed by atoms with Gasteiger partial charge in [0.05, 0.1) is 17.9 Å². The number of para-hydroxylation sites is 1. The van der Waals surface area contributed by atoms with E-state index in [1.807, 2.05) is 11.8 Å². The number of anilines is 1. The summed E-state index contributed by atoms with van der Waals surface area (Å²) in [4.78, 5) is 1.37. The number of fused-ring (bicyclic) bond motifs is 5. The van der Waals surface area contributed by atoms with Crippen LogP contribution in [0.3, 0.4) is 0 Å². The van der Waals surface area contributed by atoms with Crippen molar-refractivity contribution in [3.05, 3.63) is 72.3 Å². The first-order valence-electron chi connectivity index (χ1n) is 7.96. The fourth-order valence-corrected chi connectivity index (χ4v) is 4.69. The van der Waals surface area contributed by atoms with E-state index in [0.717, 1.165) is 12.3 Å². The van der Waals surface area contributed by atoms with Crippen LogP contribution < -0.4 is 5.01 Å². The fraction of sp³-hybridized carbons (Fsp3) is 0.150. The Morgan fingerprint density at radius 3 is 2.65 bits per heavy atom. The lowest BCUT2D eigenvalue weighted by molar-refractivity contribution is 0.781. The first kappa shape index (κ1) is 13.2. The van der Waals surface area contributed by atoms with E-state index in [0.29, 0.717) is 5.92 Å². The maximum absolute atomic E-state index is 5.01. The monoisotopic (exact) mass is 316 g/mol. The van der Waals surface area contributed by atoms with Crippen molar-refractivity contribution in [2.24, 2.45) is 11.0 Å². The molecule has 23 heavy (non-hydrogen) atoms. The summed E-state index contributed by atoms with van der Waals surface area (Å²) in [5.74, 6) is 1.63. The fourth-order valence-electron chi connectivity index (χ4n) is 3.52. The summed E-state index contributed by atoms with van der Waals surface area (Å²) in [6.45, 7) is 0.981. The molecule has 0 spiro atoms. The van der Waals surface area contributed by atoms with Gasteiger partial charge >= 0.3 is 0 Å². The van der Waals surface area contributed by atoms with E-state index in [2.05, 4.69) is 71.7 Å². The lowest BCUT2D eigenvalue weighted by Gasteiger charge is -2.22. The number of hydrazone groups is 1. The number of thioether (sulfide) groups is 1. The van der Waals surface area contributed by atoms with Crippen LogP contribution in [0, 0.1) is 5.92 Å². The van der Waals surface area contributed by atoms with Gasteiger partial charge in [0.25, 0.3) is 0 Å². The Morgan fingerprint density at radius 2 is 1.74 bits per heavy atom. The van der Waals surface area contributed by atoms with Gasteiger partial charge in [0.2, 0.25) is 0 Å². The van der Waals surface area contributed by atoms with Crippen molar-refractivity contribution in [1.82, 2.24) is 0 Å². The Balaban J connectivity index is 1.68. The minimum Gasteiger partial charge on any atom is -0.265 e. The predicted molar refractivity (Wildman–Crippen MR) is 98.5 cm³/mol. The van der Waals surface area contributed by atoms with E-state index >= 15 is 0 Å². The minimum atomic E-state index is 0.513. The third-order valence-electron chi connectivity index (χ3n) is 4.65. The maximum Gasteiger partial charge on any atom is 0.0757 e. The molecule has 3 heteroatoms. The highest BCUT2D eigenvalue weighted by Gasteiger charge is 2.34. The van der Waals surface area contributed by atoms with Gasteiger partial charge in [-0.3, -0.25) is 5.01 Å². The third kappa shape index (κ3) is 2.07. The van der Waals surface area contributed by atoms with Crippen LogP contribution in [0.2, 0.25) is 0 Å². The summed E-state index contributed by atoms with van der Waals surface area (Å²) < 4.78 is 0. The minimum absolute atomic E-state index is 0.513. The van der Waals surface area contributed by atoms with E-state index in [9.17, 15) is 0 Å². The van der Waals surface area contributed by atoms with Crippen molar-refractivity contribution in [2.75, 3.05) is 17.3 Å². The SMILES string of the molecule is c1ccc(N2C[C@@H]3CSc4ccc5ccccc5c4C3=N2)cc1. The number of rotatable bonds is 1. The van der Waals surface area contributed by atoms with Gasteiger partial charge in [-0.25, -0.2) is 0 Å². The standard InChI is InChI=1S/C20H16N2S/c1-2-7-16(8-3-1)22-12-15-13-23-18-11-10-14-6-4-5-9-17(14)19(18)20(15)21-22/h1-11,15H,12-13H2/t15-/m1/s1. The summed E-state index contributed by atoms with van der Waals surface area (Å²) in [6.07, 6.45) is 0. The molecule has 1 atom stereocenters. The number of hydrogen-bond acceptors (Lipinski definition) is 3. The second kappa shape index (κ2) is 5.14. The van der Waals surface area contributed by atoms with E-state index in [1.54, 1.807) is 0 Å². The summed E-state index contributed by atoms with van der Waals surface area (Å²) in [7, 11) is 0. The molecule has 112 valence electrons. The van der Waals surface area contributed by atoms with Crippen LogP contribution >= 0.6 is 11.8 Å². The molecule has 3 aromatic rings. The van der Waals surface area contributed by atoms with E-state index in [1.165, 1.54) is 32.6 Å². The second-order valence-electron chi connectivity index (χ2n) is 6.07. The topological polar surface area (TPSA) is 15.6 Å². The van der Waals surface area contributed by atoms with Crippen LogP contribution in [0.5, 0.6) is 0 Å². The first-order valence-corrected chi connectivity index (χ1v) is 8.95. The molecule has 2 nitrogen and oxygen atoms in total. The van der Waals surface area contributed by atoms with Gasteiger partial charge < -0.3 is 0 Å². The molecule has 0 amide bonds. The van der Waals surface area contributed by atoms with E-state index in [4.69, 9.17) is 5.10 Å². The molecule has 0 saturated heterocycles. The average Bonchev–Trinajstić information content (AvgIpc) is 3.06. The van der Waals surface area contributed by atoms with Crippen LogP contribution in [-0.4, -0.2) is 18.0 Å². The normalized spacial score (nSPS) is 19.4. The molecule has 2 aliphatic rings. The Labute approximate surface area is 139 Å². The molecule has 5 rings (SSSR count). The van der Waals surface area contributed by atoms with Crippen LogP contribution in [0.15, 0.2) is 76.7 Å². The molecular weight excluding hydrogens is 300 g/mol. The van der Waals surface area contributed by atoms with Crippen molar-refractivity contribution in [3.8, 4) is 0 Å². The zero-order chi connectivity index (χ0) is 15.2. The Kier molecular flexibility index (Phi) is 2.95. The summed E-state index contributed by atoms with van der Waals surface area (Å²) in [6, 6.07) is 23.6. The predicted octanol–water partition coefficient (Wildman–Crippen LogP) is 4.79. The summed E-state index contributed by atoms with van der Waals surface area (Å²) in [5, 5.41) is 9.80. The van der Waals surface area contributed by atoms with Crippen LogP contribution in [0.25, 0.3) is 10.8 Å². The molecule has 0 fully saturated rings. The zero-order valence-corrected chi connectivity index (χ0v) is 13.5. The van der Waals surface area contributed by atoms with Crippen LogP contribution in [-0.2, 0) is 0 Å². The Morgan fingerprint density at radius 1 is 0.913 bits per heavy atom. The van der Waals surface area contributed by atoms with Crippen molar-refractivity contribution in [3.63, 3.8) is 0 Å². The molecule has 3 aromatic carbocycles. The van der Waals surface area contributed by atoms with Gasteiger partial charge in [-0.05, 0) is 29.0 Å². The average molecular weight is 316 g/mol. The van der Waals surface area contributed by atoms with Gasteiger partial charge in [-0.15, -0.1) is 11.8 Å². The summed E-state index contributed by atoms with van der Waals surface area (Å²) >= 11 is 1.97. The van der Waals surface area contributed by atoms with Crippen molar-refractivity contribution < 1.29 is 0 Å². The van der Waals surface area contributed by atoms with Gasteiger partial charge in [-0.2, -0.15) is 5.10 Å².